The summed E-state index contributed by atoms with van der Waals surface area (Å²) < 4.78 is 5.32. The van der Waals surface area contributed by atoms with E-state index < -0.39 is 5.91 Å². The van der Waals surface area contributed by atoms with Gasteiger partial charge in [-0.05, 0) is 35.4 Å². The van der Waals surface area contributed by atoms with Crippen molar-refractivity contribution in [3.63, 3.8) is 0 Å². The predicted octanol–water partition coefficient (Wildman–Crippen LogP) is 2.28. The number of carbonyl (C=O) groups is 1. The zero-order chi connectivity index (χ0) is 14.5. The Morgan fingerprint density at radius 2 is 1.75 bits per heavy atom. The Morgan fingerprint density at radius 1 is 1.10 bits per heavy atom. The molecule has 2 aromatic rings. The lowest BCUT2D eigenvalue weighted by Gasteiger charge is -2.14. The molecule has 0 saturated heterocycles. The molecule has 4 nitrogen and oxygen atoms in total. The minimum Gasteiger partial charge on any atom is -0.484 e. The number of primary amides is 1. The lowest BCUT2D eigenvalue weighted by atomic mass is 10.0. The SMILES string of the molecule is CN(C)c1cccc(-c2cccc(OCC(N)=O)c2)c1. The van der Waals surface area contributed by atoms with Crippen LogP contribution in [0.5, 0.6) is 5.75 Å². The molecule has 0 spiro atoms. The van der Waals surface area contributed by atoms with Crippen molar-refractivity contribution in [1.29, 1.82) is 0 Å². The summed E-state index contributed by atoms with van der Waals surface area (Å²) in [7, 11) is 4.01. The second-order valence-electron chi connectivity index (χ2n) is 4.73. The molecule has 20 heavy (non-hydrogen) atoms. The molecule has 0 radical (unpaired) electrons. The van der Waals surface area contributed by atoms with Gasteiger partial charge in [0.1, 0.15) is 5.75 Å². The van der Waals surface area contributed by atoms with E-state index in [1.54, 1.807) is 0 Å². The predicted molar refractivity (Wildman–Crippen MR) is 80.9 cm³/mol. The Bertz CT molecular complexity index is 609. The highest BCUT2D eigenvalue weighted by Crippen LogP contribution is 2.26. The zero-order valence-electron chi connectivity index (χ0n) is 11.7. The van der Waals surface area contributed by atoms with E-state index >= 15 is 0 Å². The topological polar surface area (TPSA) is 55.6 Å². The third-order valence-corrected chi connectivity index (χ3v) is 2.91. The lowest BCUT2D eigenvalue weighted by molar-refractivity contribution is -0.119. The van der Waals surface area contributed by atoms with Crippen LogP contribution in [-0.4, -0.2) is 26.6 Å². The first-order valence-corrected chi connectivity index (χ1v) is 6.35. The second kappa shape index (κ2) is 6.10. The van der Waals surface area contributed by atoms with E-state index in [9.17, 15) is 4.79 Å². The summed E-state index contributed by atoms with van der Waals surface area (Å²) in [4.78, 5) is 12.8. The van der Waals surface area contributed by atoms with E-state index in [4.69, 9.17) is 10.5 Å². The molecule has 0 unspecified atom stereocenters. The molecule has 1 amide bonds. The number of hydrogen-bond donors (Lipinski definition) is 1. The molecule has 104 valence electrons. The molecular formula is C16H18N2O2. The van der Waals surface area contributed by atoms with Gasteiger partial charge in [0.2, 0.25) is 0 Å². The highest BCUT2D eigenvalue weighted by Gasteiger charge is 2.03. The summed E-state index contributed by atoms with van der Waals surface area (Å²) in [6, 6.07) is 15.8. The van der Waals surface area contributed by atoms with Crippen molar-refractivity contribution in [3.8, 4) is 16.9 Å². The normalized spacial score (nSPS) is 10.1. The highest BCUT2D eigenvalue weighted by atomic mass is 16.5. The van der Waals surface area contributed by atoms with Crippen molar-refractivity contribution in [2.75, 3.05) is 25.6 Å². The van der Waals surface area contributed by atoms with E-state index in [0.29, 0.717) is 5.75 Å². The minimum atomic E-state index is -0.481. The smallest absolute Gasteiger partial charge is 0.255 e. The van der Waals surface area contributed by atoms with E-state index in [2.05, 4.69) is 17.0 Å². The fraction of sp³-hybridized carbons (Fsp3) is 0.188. The van der Waals surface area contributed by atoms with Crippen molar-refractivity contribution in [1.82, 2.24) is 0 Å². The number of hydrogen-bond acceptors (Lipinski definition) is 3. The molecule has 0 aliphatic rings. The maximum atomic E-state index is 10.7. The molecule has 0 aliphatic heterocycles. The molecular weight excluding hydrogens is 252 g/mol. The Morgan fingerprint density at radius 3 is 2.40 bits per heavy atom. The average molecular weight is 270 g/mol. The van der Waals surface area contributed by atoms with Gasteiger partial charge in [-0.3, -0.25) is 4.79 Å². The number of ether oxygens (including phenoxy) is 1. The van der Waals surface area contributed by atoms with Gasteiger partial charge in [0, 0.05) is 19.8 Å². The minimum absolute atomic E-state index is 0.110. The number of rotatable bonds is 5. The van der Waals surface area contributed by atoms with Gasteiger partial charge >= 0.3 is 0 Å². The van der Waals surface area contributed by atoms with Crippen LogP contribution in [0.2, 0.25) is 0 Å². The van der Waals surface area contributed by atoms with Gasteiger partial charge in [-0.2, -0.15) is 0 Å². The van der Waals surface area contributed by atoms with Crippen LogP contribution in [0, 0.1) is 0 Å². The number of amides is 1. The van der Waals surface area contributed by atoms with Crippen LogP contribution in [0.1, 0.15) is 0 Å². The largest absolute Gasteiger partial charge is 0.484 e. The summed E-state index contributed by atoms with van der Waals surface area (Å²) in [5.74, 6) is 0.154. The molecule has 0 saturated carbocycles. The average Bonchev–Trinajstić information content (AvgIpc) is 2.45. The molecule has 0 fully saturated rings. The second-order valence-corrected chi connectivity index (χ2v) is 4.73. The van der Waals surface area contributed by atoms with Crippen molar-refractivity contribution in [3.05, 3.63) is 48.5 Å². The Hall–Kier alpha value is -2.49. The van der Waals surface area contributed by atoms with Gasteiger partial charge in [-0.25, -0.2) is 0 Å². The van der Waals surface area contributed by atoms with Crippen LogP contribution in [0.25, 0.3) is 11.1 Å². The maximum absolute atomic E-state index is 10.7. The number of nitrogens with zero attached hydrogens (tertiary/aromatic N) is 1. The zero-order valence-corrected chi connectivity index (χ0v) is 11.7. The molecule has 4 heteroatoms. The molecule has 0 aromatic heterocycles. The molecule has 2 aromatic carbocycles. The van der Waals surface area contributed by atoms with Crippen LogP contribution < -0.4 is 15.4 Å². The first kappa shape index (κ1) is 13.9. The third kappa shape index (κ3) is 3.51. The third-order valence-electron chi connectivity index (χ3n) is 2.91. The number of nitrogens with two attached hydrogens (primary N) is 1. The van der Waals surface area contributed by atoms with E-state index in [1.165, 1.54) is 0 Å². The Balaban J connectivity index is 2.26. The molecule has 0 aliphatic carbocycles. The van der Waals surface area contributed by atoms with Gasteiger partial charge < -0.3 is 15.4 Å². The Labute approximate surface area is 118 Å². The first-order valence-electron chi connectivity index (χ1n) is 6.35. The fourth-order valence-corrected chi connectivity index (χ4v) is 1.88. The van der Waals surface area contributed by atoms with Gasteiger partial charge in [-0.15, -0.1) is 0 Å². The summed E-state index contributed by atoms with van der Waals surface area (Å²) in [5.41, 5.74) is 8.34. The highest BCUT2D eigenvalue weighted by molar-refractivity contribution is 5.75. The summed E-state index contributed by atoms with van der Waals surface area (Å²) in [5, 5.41) is 0. The summed E-state index contributed by atoms with van der Waals surface area (Å²) >= 11 is 0. The first-order chi connectivity index (χ1) is 9.56. The van der Waals surface area contributed by atoms with Gasteiger partial charge in [0.05, 0.1) is 0 Å². The fourth-order valence-electron chi connectivity index (χ4n) is 1.88. The number of benzene rings is 2. The summed E-state index contributed by atoms with van der Waals surface area (Å²) in [6.45, 7) is -0.110. The van der Waals surface area contributed by atoms with Gasteiger partial charge in [0.25, 0.3) is 5.91 Å². The van der Waals surface area contributed by atoms with Crippen LogP contribution in [-0.2, 0) is 4.79 Å². The van der Waals surface area contributed by atoms with Crippen LogP contribution in [0.15, 0.2) is 48.5 Å². The number of anilines is 1. The van der Waals surface area contributed by atoms with E-state index in [1.807, 2.05) is 50.5 Å². The quantitative estimate of drug-likeness (QED) is 0.907. The van der Waals surface area contributed by atoms with Crippen molar-refractivity contribution in [2.24, 2.45) is 5.73 Å². The molecule has 0 atom stereocenters. The molecule has 2 rings (SSSR count). The molecule has 0 bridgehead atoms. The van der Waals surface area contributed by atoms with E-state index in [0.717, 1.165) is 16.8 Å². The monoisotopic (exact) mass is 270 g/mol. The Kier molecular flexibility index (Phi) is 4.25. The summed E-state index contributed by atoms with van der Waals surface area (Å²) in [6.07, 6.45) is 0. The van der Waals surface area contributed by atoms with Gasteiger partial charge in [-0.1, -0.05) is 24.3 Å². The lowest BCUT2D eigenvalue weighted by Crippen LogP contribution is -2.19. The van der Waals surface area contributed by atoms with Crippen LogP contribution in [0.4, 0.5) is 5.69 Å². The van der Waals surface area contributed by atoms with Crippen molar-refractivity contribution < 1.29 is 9.53 Å². The van der Waals surface area contributed by atoms with Gasteiger partial charge in [0.15, 0.2) is 6.61 Å². The maximum Gasteiger partial charge on any atom is 0.255 e. The van der Waals surface area contributed by atoms with Crippen molar-refractivity contribution in [2.45, 2.75) is 0 Å². The molecule has 2 N–H and O–H groups in total. The van der Waals surface area contributed by atoms with Crippen LogP contribution in [0.3, 0.4) is 0 Å². The number of carbonyl (C=O) groups excluding carboxylic acids is 1. The standard InChI is InChI=1S/C16H18N2O2/c1-18(2)14-7-3-5-12(9-14)13-6-4-8-15(10-13)20-11-16(17)19/h3-10H,11H2,1-2H3,(H2,17,19). The van der Waals surface area contributed by atoms with Crippen molar-refractivity contribution >= 4 is 11.6 Å². The van der Waals surface area contributed by atoms with E-state index in [-0.39, 0.29) is 6.61 Å². The molecule has 0 heterocycles. The van der Waals surface area contributed by atoms with Crippen LogP contribution >= 0.6 is 0 Å².